The van der Waals surface area contributed by atoms with Gasteiger partial charge in [-0.2, -0.15) is 0 Å². The highest BCUT2D eigenvalue weighted by molar-refractivity contribution is 9.10. The summed E-state index contributed by atoms with van der Waals surface area (Å²) < 4.78 is 0.860. The summed E-state index contributed by atoms with van der Waals surface area (Å²) in [5, 5.41) is 1.59. The van der Waals surface area contributed by atoms with E-state index in [1.54, 1.807) is 0 Å². The second-order valence-corrected chi connectivity index (χ2v) is 4.44. The fourth-order valence-electron chi connectivity index (χ4n) is 1.56. The maximum atomic E-state index is 6.01. The molecule has 0 saturated heterocycles. The zero-order valence-corrected chi connectivity index (χ0v) is 10.9. The first-order chi connectivity index (χ1) is 7.17. The Balaban J connectivity index is 2.81. The minimum Gasteiger partial charge on any atom is -0.329 e. The number of aromatic nitrogens is 3. The van der Waals surface area contributed by atoms with Gasteiger partial charge in [-0.15, -0.1) is 0 Å². The van der Waals surface area contributed by atoms with Gasteiger partial charge in [0, 0.05) is 6.42 Å². The molecule has 2 aromatic rings. The normalized spacial score (nSPS) is 11.2. The number of rotatable bonds is 2. The first-order valence-corrected chi connectivity index (χ1v) is 6.06. The fraction of sp³-hybridized carbons (Fsp3) is 0.400. The minimum absolute atomic E-state index is 0.585. The smallest absolute Gasteiger partial charge is 0.143 e. The molecule has 0 radical (unpaired) electrons. The van der Waals surface area contributed by atoms with Crippen molar-refractivity contribution in [2.45, 2.75) is 26.7 Å². The molecule has 0 spiro atoms. The van der Waals surface area contributed by atoms with Crippen LogP contribution >= 0.6 is 27.5 Å². The van der Waals surface area contributed by atoms with Crippen molar-refractivity contribution in [1.29, 1.82) is 0 Å². The molecule has 2 rings (SSSR count). The van der Waals surface area contributed by atoms with E-state index >= 15 is 0 Å². The Morgan fingerprint density at radius 3 is 2.60 bits per heavy atom. The highest BCUT2D eigenvalue weighted by Gasteiger charge is 2.14. The Morgan fingerprint density at radius 2 is 2.00 bits per heavy atom. The van der Waals surface area contributed by atoms with Crippen LogP contribution in [0.5, 0.6) is 0 Å². The van der Waals surface area contributed by atoms with E-state index in [0.29, 0.717) is 5.15 Å². The summed E-state index contributed by atoms with van der Waals surface area (Å²) in [4.78, 5) is 11.9. The summed E-state index contributed by atoms with van der Waals surface area (Å²) in [6.07, 6.45) is 1.70. The lowest BCUT2D eigenvalue weighted by molar-refractivity contribution is 0.909. The van der Waals surface area contributed by atoms with Crippen LogP contribution in [0.25, 0.3) is 11.0 Å². The zero-order chi connectivity index (χ0) is 11.0. The lowest BCUT2D eigenvalue weighted by Gasteiger charge is -2.02. The van der Waals surface area contributed by atoms with E-state index in [4.69, 9.17) is 11.6 Å². The summed E-state index contributed by atoms with van der Waals surface area (Å²) in [6.45, 7) is 4.12. The molecular weight excluding hydrogens is 277 g/mol. The Hall–Kier alpha value is -0.610. The summed E-state index contributed by atoms with van der Waals surface area (Å²) in [7, 11) is 0. The number of aryl methyl sites for hydroxylation is 2. The van der Waals surface area contributed by atoms with Crippen molar-refractivity contribution < 1.29 is 0 Å². The Bertz CT molecular complexity index is 507. The van der Waals surface area contributed by atoms with Gasteiger partial charge in [0.05, 0.1) is 15.6 Å². The standard InChI is InChI=1S/C10H11BrClN3/c1-3-5-7-8(11)9(12)15-10(7)14-6(4-2)13-5/h3-4H2,1-2H3,(H,13,14,15). The molecule has 2 heterocycles. The zero-order valence-electron chi connectivity index (χ0n) is 8.56. The van der Waals surface area contributed by atoms with Crippen LogP contribution in [0, 0.1) is 0 Å². The maximum Gasteiger partial charge on any atom is 0.143 e. The van der Waals surface area contributed by atoms with Crippen molar-refractivity contribution in [2.24, 2.45) is 0 Å². The van der Waals surface area contributed by atoms with E-state index in [1.807, 2.05) is 6.92 Å². The summed E-state index contributed by atoms with van der Waals surface area (Å²) in [5.41, 5.74) is 1.85. The van der Waals surface area contributed by atoms with Gasteiger partial charge in [-0.05, 0) is 22.4 Å². The predicted octanol–water partition coefficient (Wildman–Crippen LogP) is 3.50. The van der Waals surface area contributed by atoms with Gasteiger partial charge in [0.1, 0.15) is 16.6 Å². The topological polar surface area (TPSA) is 41.6 Å². The van der Waals surface area contributed by atoms with Gasteiger partial charge in [-0.3, -0.25) is 0 Å². The van der Waals surface area contributed by atoms with Gasteiger partial charge >= 0.3 is 0 Å². The molecule has 0 aliphatic heterocycles. The summed E-state index contributed by atoms with van der Waals surface area (Å²) >= 11 is 9.45. The quantitative estimate of drug-likeness (QED) is 0.919. The third-order valence-corrected chi connectivity index (χ3v) is 3.63. The number of nitrogens with zero attached hydrogens (tertiary/aromatic N) is 2. The van der Waals surface area contributed by atoms with Gasteiger partial charge < -0.3 is 4.98 Å². The van der Waals surface area contributed by atoms with Gasteiger partial charge in [-0.25, -0.2) is 9.97 Å². The number of aromatic amines is 1. The first-order valence-electron chi connectivity index (χ1n) is 4.89. The van der Waals surface area contributed by atoms with Crippen LogP contribution in [0.2, 0.25) is 5.15 Å². The number of fused-ring (bicyclic) bond motifs is 1. The van der Waals surface area contributed by atoms with E-state index in [0.717, 1.165) is 39.9 Å². The van der Waals surface area contributed by atoms with Crippen LogP contribution in [0.4, 0.5) is 0 Å². The number of hydrogen-bond acceptors (Lipinski definition) is 2. The third kappa shape index (κ3) is 1.76. The van der Waals surface area contributed by atoms with Gasteiger partial charge in [0.15, 0.2) is 0 Å². The van der Waals surface area contributed by atoms with Crippen molar-refractivity contribution in [2.75, 3.05) is 0 Å². The molecule has 0 unspecified atom stereocenters. The maximum absolute atomic E-state index is 6.01. The Labute approximate surface area is 101 Å². The highest BCUT2D eigenvalue weighted by Crippen LogP contribution is 2.32. The van der Waals surface area contributed by atoms with Crippen LogP contribution in [-0.2, 0) is 12.8 Å². The average molecular weight is 289 g/mol. The summed E-state index contributed by atoms with van der Waals surface area (Å²) in [5.74, 6) is 0.852. The largest absolute Gasteiger partial charge is 0.329 e. The second-order valence-electron chi connectivity index (χ2n) is 3.27. The van der Waals surface area contributed by atoms with Crippen LogP contribution in [-0.4, -0.2) is 15.0 Å². The van der Waals surface area contributed by atoms with Crippen LogP contribution < -0.4 is 0 Å². The van der Waals surface area contributed by atoms with Crippen molar-refractivity contribution in [3.05, 3.63) is 21.1 Å². The van der Waals surface area contributed by atoms with E-state index in [1.165, 1.54) is 0 Å². The molecule has 0 atom stereocenters. The van der Waals surface area contributed by atoms with Crippen LogP contribution in [0.15, 0.2) is 4.47 Å². The molecular formula is C10H11BrClN3. The lowest BCUT2D eigenvalue weighted by atomic mass is 10.2. The van der Waals surface area contributed by atoms with Gasteiger partial charge in [-0.1, -0.05) is 25.4 Å². The molecule has 5 heteroatoms. The van der Waals surface area contributed by atoms with Crippen molar-refractivity contribution in [3.8, 4) is 0 Å². The molecule has 0 fully saturated rings. The molecule has 0 amide bonds. The van der Waals surface area contributed by atoms with Crippen molar-refractivity contribution in [1.82, 2.24) is 15.0 Å². The molecule has 0 aliphatic rings. The van der Waals surface area contributed by atoms with E-state index in [-0.39, 0.29) is 0 Å². The van der Waals surface area contributed by atoms with E-state index in [2.05, 4.69) is 37.8 Å². The molecule has 0 saturated carbocycles. The van der Waals surface area contributed by atoms with Crippen LogP contribution in [0.3, 0.4) is 0 Å². The number of hydrogen-bond donors (Lipinski definition) is 1. The minimum atomic E-state index is 0.585. The molecule has 3 nitrogen and oxygen atoms in total. The lowest BCUT2D eigenvalue weighted by Crippen LogP contribution is -1.98. The predicted molar refractivity (Wildman–Crippen MR) is 65.4 cm³/mol. The summed E-state index contributed by atoms with van der Waals surface area (Å²) in [6, 6.07) is 0. The van der Waals surface area contributed by atoms with E-state index < -0.39 is 0 Å². The number of halogens is 2. The van der Waals surface area contributed by atoms with Gasteiger partial charge in [0.2, 0.25) is 0 Å². The molecule has 1 N–H and O–H groups in total. The highest BCUT2D eigenvalue weighted by atomic mass is 79.9. The molecule has 0 aromatic carbocycles. The number of H-pyrrole nitrogens is 1. The Kier molecular flexibility index (Phi) is 2.98. The Morgan fingerprint density at radius 1 is 1.27 bits per heavy atom. The molecule has 2 aromatic heterocycles. The van der Waals surface area contributed by atoms with Crippen molar-refractivity contribution in [3.63, 3.8) is 0 Å². The first kappa shape index (κ1) is 10.9. The molecule has 0 bridgehead atoms. The molecule has 0 aliphatic carbocycles. The monoisotopic (exact) mass is 287 g/mol. The second kappa shape index (κ2) is 4.10. The van der Waals surface area contributed by atoms with Crippen molar-refractivity contribution >= 4 is 38.6 Å². The average Bonchev–Trinajstić information content (AvgIpc) is 2.53. The third-order valence-electron chi connectivity index (χ3n) is 2.32. The van der Waals surface area contributed by atoms with Crippen LogP contribution in [0.1, 0.15) is 25.4 Å². The van der Waals surface area contributed by atoms with Gasteiger partial charge in [0.25, 0.3) is 0 Å². The number of nitrogens with one attached hydrogen (secondary N) is 1. The fourth-order valence-corrected chi connectivity index (χ4v) is 2.26. The molecule has 15 heavy (non-hydrogen) atoms. The van der Waals surface area contributed by atoms with E-state index in [9.17, 15) is 0 Å². The molecule has 80 valence electrons. The SMILES string of the molecule is CCc1nc(CC)c2c(Br)c(Cl)[nH]c2n1.